The Kier molecular flexibility index (Phi) is 8.07. The molecule has 1 heterocycles. The highest BCUT2D eigenvalue weighted by Gasteiger charge is 2.24. The van der Waals surface area contributed by atoms with Crippen molar-refractivity contribution < 1.29 is 17.9 Å². The number of hydrogen-bond donors (Lipinski definition) is 2. The molecule has 1 atom stereocenters. The summed E-state index contributed by atoms with van der Waals surface area (Å²) in [6.07, 6.45) is 1.57. The van der Waals surface area contributed by atoms with Crippen LogP contribution in [-0.2, 0) is 9.84 Å². The maximum atomic E-state index is 11.6. The Bertz CT molecular complexity index is 679. The number of aliphatic imine (C=N–C) groups is 1. The van der Waals surface area contributed by atoms with Crippen LogP contribution in [-0.4, -0.2) is 46.6 Å². The minimum Gasteiger partial charge on any atom is -0.493 e. The molecule has 7 nitrogen and oxygen atoms in total. The van der Waals surface area contributed by atoms with E-state index >= 15 is 0 Å². The lowest BCUT2D eigenvalue weighted by Gasteiger charge is -2.20. The van der Waals surface area contributed by atoms with Gasteiger partial charge in [-0.25, -0.2) is 8.42 Å². The van der Waals surface area contributed by atoms with Crippen molar-refractivity contribution in [2.45, 2.75) is 12.8 Å². The van der Waals surface area contributed by atoms with Crippen LogP contribution in [0.4, 0.5) is 5.69 Å². The Labute approximate surface area is 159 Å². The number of hydrogen-bond acceptors (Lipinski definition) is 5. The highest BCUT2D eigenvalue weighted by atomic mass is 127. The fraction of sp³-hybridized carbons (Fsp3) is 0.533. The molecule has 1 unspecified atom stereocenters. The molecule has 0 radical (unpaired) electrons. The van der Waals surface area contributed by atoms with Gasteiger partial charge in [-0.05, 0) is 30.9 Å². The van der Waals surface area contributed by atoms with E-state index in [1.54, 1.807) is 32.4 Å². The molecule has 0 spiro atoms. The molecule has 0 saturated carbocycles. The Hall–Kier alpha value is -1.23. The Morgan fingerprint density at radius 3 is 2.67 bits per heavy atom. The van der Waals surface area contributed by atoms with Crippen molar-refractivity contribution in [1.82, 2.24) is 0 Å². The second-order valence-electron chi connectivity index (χ2n) is 5.54. The van der Waals surface area contributed by atoms with Crippen molar-refractivity contribution in [3.63, 3.8) is 0 Å². The van der Waals surface area contributed by atoms with Gasteiger partial charge in [-0.2, -0.15) is 0 Å². The summed E-state index contributed by atoms with van der Waals surface area (Å²) in [5.74, 6) is 1.98. The first-order valence-electron chi connectivity index (χ1n) is 7.43. The average Bonchev–Trinajstić information content (AvgIpc) is 2.52. The lowest BCUT2D eigenvalue weighted by molar-refractivity contribution is 0.355. The second-order valence-corrected chi connectivity index (χ2v) is 7.77. The summed E-state index contributed by atoms with van der Waals surface area (Å²) in [5.41, 5.74) is 6.59. The number of sulfone groups is 1. The monoisotopic (exact) mass is 469 g/mol. The van der Waals surface area contributed by atoms with Crippen molar-refractivity contribution >= 4 is 45.5 Å². The maximum absolute atomic E-state index is 11.6. The standard InChI is InChI=1S/C15H23N3O4S.HI/c1-21-13-6-5-12(8-14(13)22-2)18-15(16)17-9-11-4-3-7-23(19,20)10-11;/h5-6,8,11H,3-4,7,9-10H2,1-2H3,(H3,16,17,18);1H. The van der Waals surface area contributed by atoms with Gasteiger partial charge in [-0.1, -0.05) is 0 Å². The molecule has 1 aliphatic heterocycles. The van der Waals surface area contributed by atoms with E-state index in [0.29, 0.717) is 24.5 Å². The number of rotatable bonds is 5. The number of methoxy groups -OCH3 is 2. The summed E-state index contributed by atoms with van der Waals surface area (Å²) in [6, 6.07) is 5.32. The average molecular weight is 469 g/mol. The molecule has 1 saturated heterocycles. The molecule has 1 aromatic carbocycles. The van der Waals surface area contributed by atoms with Crippen LogP contribution in [0, 0.1) is 5.92 Å². The fourth-order valence-electron chi connectivity index (χ4n) is 2.59. The maximum Gasteiger partial charge on any atom is 0.193 e. The number of nitrogens with two attached hydrogens (primary N) is 1. The molecule has 1 fully saturated rings. The zero-order valence-electron chi connectivity index (χ0n) is 13.8. The molecular weight excluding hydrogens is 445 g/mol. The van der Waals surface area contributed by atoms with E-state index in [1.165, 1.54) is 0 Å². The predicted octanol–water partition coefficient (Wildman–Crippen LogP) is 1.87. The Balaban J connectivity index is 0.00000288. The number of guanidine groups is 1. The van der Waals surface area contributed by atoms with Crippen molar-refractivity contribution in [2.75, 3.05) is 37.6 Å². The molecular formula is C15H24IN3O4S. The van der Waals surface area contributed by atoms with Gasteiger partial charge in [-0.15, -0.1) is 24.0 Å². The van der Waals surface area contributed by atoms with Gasteiger partial charge in [0, 0.05) is 18.3 Å². The van der Waals surface area contributed by atoms with Crippen LogP contribution >= 0.6 is 24.0 Å². The summed E-state index contributed by atoms with van der Waals surface area (Å²) in [7, 11) is 0.210. The summed E-state index contributed by atoms with van der Waals surface area (Å²) < 4.78 is 33.6. The van der Waals surface area contributed by atoms with Gasteiger partial charge in [-0.3, -0.25) is 4.99 Å². The number of nitrogens with zero attached hydrogens (tertiary/aromatic N) is 1. The van der Waals surface area contributed by atoms with Crippen molar-refractivity contribution in [2.24, 2.45) is 16.6 Å². The van der Waals surface area contributed by atoms with Crippen LogP contribution in [0.1, 0.15) is 12.8 Å². The first-order chi connectivity index (χ1) is 10.9. The highest BCUT2D eigenvalue weighted by molar-refractivity contribution is 14.0. The summed E-state index contributed by atoms with van der Waals surface area (Å²) in [5, 5.41) is 2.97. The number of benzene rings is 1. The molecule has 1 aromatic rings. The van der Waals surface area contributed by atoms with Crippen molar-refractivity contribution in [3.05, 3.63) is 18.2 Å². The second kappa shape index (κ2) is 9.30. The molecule has 1 aliphatic rings. The third-order valence-corrected chi connectivity index (χ3v) is 5.62. The van der Waals surface area contributed by atoms with Gasteiger partial charge in [0.2, 0.25) is 0 Å². The van der Waals surface area contributed by atoms with Crippen LogP contribution in [0.5, 0.6) is 11.5 Å². The van der Waals surface area contributed by atoms with Gasteiger partial charge < -0.3 is 20.5 Å². The van der Waals surface area contributed by atoms with E-state index in [-0.39, 0.29) is 47.4 Å². The molecule has 0 aliphatic carbocycles. The van der Waals surface area contributed by atoms with Gasteiger partial charge in [0.25, 0.3) is 0 Å². The van der Waals surface area contributed by atoms with Crippen LogP contribution in [0.15, 0.2) is 23.2 Å². The number of halogens is 1. The normalized spacial score (nSPS) is 19.9. The molecule has 9 heteroatoms. The number of ether oxygens (including phenoxy) is 2. The van der Waals surface area contributed by atoms with E-state index < -0.39 is 9.84 Å². The van der Waals surface area contributed by atoms with E-state index in [4.69, 9.17) is 15.2 Å². The summed E-state index contributed by atoms with van der Waals surface area (Å²) in [4.78, 5) is 4.25. The zero-order chi connectivity index (χ0) is 16.9. The van der Waals surface area contributed by atoms with Gasteiger partial charge in [0.15, 0.2) is 27.3 Å². The molecule has 136 valence electrons. The van der Waals surface area contributed by atoms with E-state index in [1.807, 2.05) is 0 Å². The highest BCUT2D eigenvalue weighted by Crippen LogP contribution is 2.29. The van der Waals surface area contributed by atoms with Crippen LogP contribution in [0.3, 0.4) is 0 Å². The lowest BCUT2D eigenvalue weighted by atomic mass is 10.1. The first-order valence-corrected chi connectivity index (χ1v) is 9.25. The topological polar surface area (TPSA) is 103 Å². The smallest absolute Gasteiger partial charge is 0.193 e. The Morgan fingerprint density at radius 2 is 2.04 bits per heavy atom. The third-order valence-electron chi connectivity index (χ3n) is 3.73. The summed E-state index contributed by atoms with van der Waals surface area (Å²) >= 11 is 0. The van der Waals surface area contributed by atoms with Crippen LogP contribution < -0.4 is 20.5 Å². The van der Waals surface area contributed by atoms with E-state index in [2.05, 4.69) is 10.3 Å². The number of anilines is 1. The molecule has 0 amide bonds. The fourth-order valence-corrected chi connectivity index (χ4v) is 4.35. The minimum atomic E-state index is -2.92. The van der Waals surface area contributed by atoms with E-state index in [0.717, 1.165) is 12.1 Å². The van der Waals surface area contributed by atoms with Crippen LogP contribution in [0.2, 0.25) is 0 Å². The molecule has 0 aromatic heterocycles. The van der Waals surface area contributed by atoms with Crippen molar-refractivity contribution in [1.29, 1.82) is 0 Å². The minimum absolute atomic E-state index is 0. The first kappa shape index (κ1) is 20.8. The van der Waals surface area contributed by atoms with E-state index in [9.17, 15) is 8.42 Å². The number of nitrogens with one attached hydrogen (secondary N) is 1. The quantitative estimate of drug-likeness (QED) is 0.388. The Morgan fingerprint density at radius 1 is 1.33 bits per heavy atom. The van der Waals surface area contributed by atoms with Gasteiger partial charge in [0.1, 0.15) is 0 Å². The van der Waals surface area contributed by atoms with Crippen molar-refractivity contribution in [3.8, 4) is 11.5 Å². The van der Waals surface area contributed by atoms with Gasteiger partial charge in [0.05, 0.1) is 25.7 Å². The SMILES string of the molecule is COc1ccc(NC(N)=NCC2CCCS(=O)(=O)C2)cc1OC.I. The van der Waals surface area contributed by atoms with Crippen LogP contribution in [0.25, 0.3) is 0 Å². The molecule has 2 rings (SSSR count). The molecule has 24 heavy (non-hydrogen) atoms. The lowest BCUT2D eigenvalue weighted by Crippen LogP contribution is -2.29. The van der Waals surface area contributed by atoms with Gasteiger partial charge >= 0.3 is 0 Å². The third kappa shape index (κ3) is 6.00. The molecule has 3 N–H and O–H groups in total. The zero-order valence-corrected chi connectivity index (χ0v) is 17.0. The molecule has 0 bridgehead atoms. The predicted molar refractivity (Wildman–Crippen MR) is 106 cm³/mol. The largest absolute Gasteiger partial charge is 0.493 e. The summed E-state index contributed by atoms with van der Waals surface area (Å²) in [6.45, 7) is 0.408.